The van der Waals surface area contributed by atoms with Gasteiger partial charge in [0.05, 0.1) is 39.4 Å². The average molecular weight is 449 g/mol. The Morgan fingerprint density at radius 2 is 1.58 bits per heavy atom. The lowest BCUT2D eigenvalue weighted by atomic mass is 10.1. The van der Waals surface area contributed by atoms with Crippen LogP contribution in [0.3, 0.4) is 0 Å². The molecule has 0 unspecified atom stereocenters. The summed E-state index contributed by atoms with van der Waals surface area (Å²) in [6.07, 6.45) is 0. The van der Waals surface area contributed by atoms with Gasteiger partial charge < -0.3 is 28.8 Å². The molecule has 2 aromatic carbocycles. The maximum absolute atomic E-state index is 12.8. The second-order valence-corrected chi connectivity index (χ2v) is 7.62. The minimum Gasteiger partial charge on any atom is -0.493 e. The molecule has 0 aromatic heterocycles. The number of hydrogen-bond donors (Lipinski definition) is 2. The van der Waals surface area contributed by atoms with E-state index in [0.29, 0.717) is 28.8 Å². The van der Waals surface area contributed by atoms with Crippen molar-refractivity contribution in [1.29, 1.82) is 0 Å². The normalized spacial score (nSPS) is 17.7. The summed E-state index contributed by atoms with van der Waals surface area (Å²) in [5.74, 6) is 0.525. The maximum Gasteiger partial charge on any atom is 0.343 e. The van der Waals surface area contributed by atoms with Gasteiger partial charge in [-0.2, -0.15) is 0 Å². The van der Waals surface area contributed by atoms with E-state index in [1.165, 1.54) is 52.3 Å². The molecule has 1 saturated heterocycles. The van der Waals surface area contributed by atoms with Crippen LogP contribution < -0.4 is 29.0 Å². The highest BCUT2D eigenvalue weighted by Crippen LogP contribution is 2.40. The van der Waals surface area contributed by atoms with Crippen molar-refractivity contribution in [3.8, 4) is 28.7 Å². The van der Waals surface area contributed by atoms with Crippen molar-refractivity contribution < 1.29 is 38.4 Å². The van der Waals surface area contributed by atoms with Gasteiger partial charge in [-0.05, 0) is 29.8 Å². The molecule has 9 nitrogen and oxygen atoms in total. The summed E-state index contributed by atoms with van der Waals surface area (Å²) in [6.45, 7) is 0. The lowest BCUT2D eigenvalue weighted by molar-refractivity contribution is -0.138. The SMILES string of the molecule is COc1cc([C@H]2N[C@H](C(=O)O)CS2)ccc1OC(=O)c1cc(OC)c(OC)c(OC)c1. The third-order valence-corrected chi connectivity index (χ3v) is 5.94. The smallest absolute Gasteiger partial charge is 0.343 e. The molecule has 1 fully saturated rings. The number of nitrogens with one attached hydrogen (secondary N) is 1. The Kier molecular flexibility index (Phi) is 7.13. The molecule has 2 N–H and O–H groups in total. The largest absolute Gasteiger partial charge is 0.493 e. The first-order valence-electron chi connectivity index (χ1n) is 9.22. The number of esters is 1. The van der Waals surface area contributed by atoms with Gasteiger partial charge in [0.1, 0.15) is 6.04 Å². The van der Waals surface area contributed by atoms with E-state index in [4.69, 9.17) is 28.8 Å². The molecular formula is C21H23NO8S. The number of carbonyl (C=O) groups is 2. The Morgan fingerprint density at radius 3 is 2.10 bits per heavy atom. The number of hydrogen-bond acceptors (Lipinski definition) is 9. The quantitative estimate of drug-likeness (QED) is 0.461. The Hall–Kier alpha value is -3.11. The van der Waals surface area contributed by atoms with Crippen molar-refractivity contribution in [2.75, 3.05) is 34.2 Å². The molecule has 1 aliphatic heterocycles. The molecule has 0 saturated carbocycles. The monoisotopic (exact) mass is 449 g/mol. The van der Waals surface area contributed by atoms with Crippen LogP contribution in [-0.2, 0) is 4.79 Å². The van der Waals surface area contributed by atoms with E-state index in [0.717, 1.165) is 5.56 Å². The molecule has 3 rings (SSSR count). The molecule has 0 aliphatic carbocycles. The van der Waals surface area contributed by atoms with Crippen LogP contribution in [0.1, 0.15) is 21.3 Å². The van der Waals surface area contributed by atoms with E-state index in [2.05, 4.69) is 5.32 Å². The first-order valence-corrected chi connectivity index (χ1v) is 10.3. The van der Waals surface area contributed by atoms with Gasteiger partial charge >= 0.3 is 11.9 Å². The fraction of sp³-hybridized carbons (Fsp3) is 0.333. The van der Waals surface area contributed by atoms with Gasteiger partial charge in [-0.15, -0.1) is 11.8 Å². The molecular weight excluding hydrogens is 426 g/mol. The molecule has 10 heteroatoms. The van der Waals surface area contributed by atoms with Gasteiger partial charge in [0.2, 0.25) is 5.75 Å². The molecule has 31 heavy (non-hydrogen) atoms. The average Bonchev–Trinajstić information content (AvgIpc) is 3.28. The van der Waals surface area contributed by atoms with Crippen molar-refractivity contribution in [2.24, 2.45) is 0 Å². The zero-order chi connectivity index (χ0) is 22.5. The van der Waals surface area contributed by atoms with Gasteiger partial charge in [-0.1, -0.05) is 6.07 Å². The molecule has 0 radical (unpaired) electrons. The number of thioether (sulfide) groups is 1. The molecule has 1 heterocycles. The highest BCUT2D eigenvalue weighted by atomic mass is 32.2. The van der Waals surface area contributed by atoms with Crippen LogP contribution in [0.15, 0.2) is 30.3 Å². The van der Waals surface area contributed by atoms with Crippen LogP contribution >= 0.6 is 11.8 Å². The standard InChI is InChI=1S/C21H23NO8S/c1-26-15-7-11(19-22-13(10-31-19)20(23)24)5-6-14(15)30-21(25)12-8-16(27-2)18(29-4)17(9-12)28-3/h5-9,13,19,22H,10H2,1-4H3,(H,23,24)/t13-,19-/m0/s1. The van der Waals surface area contributed by atoms with Crippen LogP contribution in [0.25, 0.3) is 0 Å². The number of carbonyl (C=O) groups excluding carboxylic acids is 1. The van der Waals surface area contributed by atoms with E-state index in [1.54, 1.807) is 18.2 Å². The molecule has 0 spiro atoms. The molecule has 2 atom stereocenters. The summed E-state index contributed by atoms with van der Waals surface area (Å²) in [7, 11) is 5.85. The highest BCUT2D eigenvalue weighted by molar-refractivity contribution is 7.99. The topological polar surface area (TPSA) is 113 Å². The van der Waals surface area contributed by atoms with Crippen molar-refractivity contribution in [2.45, 2.75) is 11.4 Å². The third kappa shape index (κ3) is 4.80. The van der Waals surface area contributed by atoms with E-state index >= 15 is 0 Å². The number of carboxylic acids is 1. The summed E-state index contributed by atoms with van der Waals surface area (Å²) in [5, 5.41) is 12.0. The van der Waals surface area contributed by atoms with E-state index < -0.39 is 18.0 Å². The Labute approximate surface area is 183 Å². The van der Waals surface area contributed by atoms with Crippen molar-refractivity contribution in [3.05, 3.63) is 41.5 Å². The summed E-state index contributed by atoms with van der Waals surface area (Å²) in [4.78, 5) is 23.9. The summed E-state index contributed by atoms with van der Waals surface area (Å²) in [6, 6.07) is 7.46. The minimum absolute atomic E-state index is 0.199. The molecule has 2 aromatic rings. The first-order chi connectivity index (χ1) is 14.9. The Morgan fingerprint density at radius 1 is 0.935 bits per heavy atom. The van der Waals surface area contributed by atoms with Crippen LogP contribution in [0.5, 0.6) is 28.7 Å². The molecule has 0 bridgehead atoms. The van der Waals surface area contributed by atoms with Crippen molar-refractivity contribution in [1.82, 2.24) is 5.32 Å². The van der Waals surface area contributed by atoms with E-state index in [1.807, 2.05) is 0 Å². The fourth-order valence-electron chi connectivity index (χ4n) is 3.10. The number of benzene rings is 2. The van der Waals surface area contributed by atoms with E-state index in [9.17, 15) is 9.59 Å². The Balaban J connectivity index is 1.83. The number of aliphatic carboxylic acids is 1. The minimum atomic E-state index is -0.891. The second-order valence-electron chi connectivity index (χ2n) is 6.48. The number of rotatable bonds is 8. The van der Waals surface area contributed by atoms with Crippen molar-refractivity contribution >= 4 is 23.7 Å². The fourth-order valence-corrected chi connectivity index (χ4v) is 4.32. The lowest BCUT2D eigenvalue weighted by Gasteiger charge is -2.16. The van der Waals surface area contributed by atoms with Crippen LogP contribution in [0, 0.1) is 0 Å². The van der Waals surface area contributed by atoms with Gasteiger partial charge in [0.15, 0.2) is 23.0 Å². The van der Waals surface area contributed by atoms with Crippen LogP contribution in [0.2, 0.25) is 0 Å². The predicted molar refractivity (Wildman–Crippen MR) is 114 cm³/mol. The third-order valence-electron chi connectivity index (χ3n) is 4.67. The highest BCUT2D eigenvalue weighted by Gasteiger charge is 2.31. The first kappa shape index (κ1) is 22.6. The predicted octanol–water partition coefficient (Wildman–Crippen LogP) is 2.73. The second kappa shape index (κ2) is 9.80. The zero-order valence-electron chi connectivity index (χ0n) is 17.5. The number of carboxylic acid groups (broad SMARTS) is 1. The van der Waals surface area contributed by atoms with Gasteiger partial charge in [-0.3, -0.25) is 10.1 Å². The van der Waals surface area contributed by atoms with Gasteiger partial charge in [-0.25, -0.2) is 4.79 Å². The lowest BCUT2D eigenvalue weighted by Crippen LogP contribution is -2.33. The molecule has 166 valence electrons. The Bertz CT molecular complexity index is 955. The number of ether oxygens (including phenoxy) is 5. The zero-order valence-corrected chi connectivity index (χ0v) is 18.3. The molecule has 0 amide bonds. The maximum atomic E-state index is 12.8. The van der Waals surface area contributed by atoms with Crippen LogP contribution in [0.4, 0.5) is 0 Å². The summed E-state index contributed by atoms with van der Waals surface area (Å²) < 4.78 is 26.7. The summed E-state index contributed by atoms with van der Waals surface area (Å²) in [5.41, 5.74) is 1.02. The van der Waals surface area contributed by atoms with Crippen molar-refractivity contribution in [3.63, 3.8) is 0 Å². The van der Waals surface area contributed by atoms with Gasteiger partial charge in [0, 0.05) is 5.75 Å². The molecule has 1 aliphatic rings. The van der Waals surface area contributed by atoms with E-state index in [-0.39, 0.29) is 16.7 Å². The van der Waals surface area contributed by atoms with Gasteiger partial charge in [0.25, 0.3) is 0 Å². The number of methoxy groups -OCH3 is 4. The van der Waals surface area contributed by atoms with Crippen LogP contribution in [-0.4, -0.2) is 57.3 Å². The summed E-state index contributed by atoms with van der Waals surface area (Å²) >= 11 is 1.48.